The lowest BCUT2D eigenvalue weighted by Crippen LogP contribution is -2.12. The minimum absolute atomic E-state index is 0.302. The Labute approximate surface area is 134 Å². The summed E-state index contributed by atoms with van der Waals surface area (Å²) >= 11 is 11.0. The van der Waals surface area contributed by atoms with E-state index < -0.39 is 0 Å². The number of methoxy groups -OCH3 is 1. The summed E-state index contributed by atoms with van der Waals surface area (Å²) in [5.74, 6) is 1.46. The van der Waals surface area contributed by atoms with E-state index >= 15 is 0 Å². The van der Waals surface area contributed by atoms with E-state index in [4.69, 9.17) is 39.0 Å². The molecule has 0 radical (unpaired) electrons. The van der Waals surface area contributed by atoms with Crippen LogP contribution in [-0.4, -0.2) is 12.1 Å². The van der Waals surface area contributed by atoms with Gasteiger partial charge >= 0.3 is 0 Å². The molecule has 2 N–H and O–H groups in total. The third-order valence-corrected chi connectivity index (χ3v) is 3.52. The van der Waals surface area contributed by atoms with Crippen molar-refractivity contribution in [3.05, 3.63) is 58.1 Å². The molecule has 0 fully saturated rings. The van der Waals surface area contributed by atoms with Crippen molar-refractivity contribution >= 4 is 28.8 Å². The van der Waals surface area contributed by atoms with Gasteiger partial charge in [0.2, 0.25) is 0 Å². The molecular weight excluding hydrogens is 306 g/mol. The van der Waals surface area contributed by atoms with Crippen LogP contribution in [-0.2, 0) is 6.61 Å². The normalized spacial score (nSPS) is 10.2. The predicted octanol–water partition coefficient (Wildman–Crippen LogP) is 3.87. The summed E-state index contributed by atoms with van der Waals surface area (Å²) in [6.07, 6.45) is 0. The number of hydrogen-bond donors (Lipinski definition) is 1. The summed E-state index contributed by atoms with van der Waals surface area (Å²) in [7, 11) is 1.59. The Hall–Kier alpha value is -1.78. The molecule has 21 heavy (non-hydrogen) atoms. The Kier molecular flexibility index (Phi) is 5.04. The quantitative estimate of drug-likeness (QED) is 0.849. The van der Waals surface area contributed by atoms with Gasteiger partial charge in [-0.15, -0.1) is 0 Å². The zero-order chi connectivity index (χ0) is 15.4. The molecule has 2 aromatic carbocycles. The van der Waals surface area contributed by atoms with Gasteiger partial charge in [0.25, 0.3) is 0 Å². The average molecular weight is 322 g/mol. The van der Waals surface area contributed by atoms with E-state index in [1.165, 1.54) is 0 Å². The van der Waals surface area contributed by atoms with Gasteiger partial charge in [-0.3, -0.25) is 0 Å². The van der Waals surface area contributed by atoms with E-state index in [1.54, 1.807) is 13.2 Å². The van der Waals surface area contributed by atoms with Crippen LogP contribution in [0.15, 0.2) is 36.4 Å². The van der Waals surface area contributed by atoms with Gasteiger partial charge in [-0.25, -0.2) is 0 Å². The summed E-state index contributed by atoms with van der Waals surface area (Å²) in [6, 6.07) is 11.2. The fourth-order valence-corrected chi connectivity index (χ4v) is 2.36. The fourth-order valence-electron chi connectivity index (χ4n) is 1.97. The maximum absolute atomic E-state index is 5.93. The van der Waals surface area contributed by atoms with E-state index in [2.05, 4.69) is 0 Å². The Morgan fingerprint density at radius 3 is 2.52 bits per heavy atom. The first kappa shape index (κ1) is 15.6. The highest BCUT2D eigenvalue weighted by molar-refractivity contribution is 7.80. The minimum atomic E-state index is 0.302. The van der Waals surface area contributed by atoms with Crippen LogP contribution in [0.5, 0.6) is 11.5 Å². The van der Waals surface area contributed by atoms with Gasteiger partial charge in [-0.05, 0) is 48.4 Å². The molecule has 110 valence electrons. The summed E-state index contributed by atoms with van der Waals surface area (Å²) in [4.78, 5) is 0.302. The molecule has 0 aliphatic carbocycles. The molecule has 0 bridgehead atoms. The predicted molar refractivity (Wildman–Crippen MR) is 89.4 cm³/mol. The first-order valence-electron chi connectivity index (χ1n) is 6.37. The highest BCUT2D eigenvalue weighted by Gasteiger charge is 2.08. The lowest BCUT2D eigenvalue weighted by molar-refractivity contribution is 0.304. The van der Waals surface area contributed by atoms with Crippen molar-refractivity contribution in [1.29, 1.82) is 0 Å². The molecule has 0 aliphatic heterocycles. The second kappa shape index (κ2) is 6.78. The molecule has 0 aliphatic rings. The third-order valence-electron chi connectivity index (χ3n) is 3.06. The summed E-state index contributed by atoms with van der Waals surface area (Å²) in [5, 5.41) is 0.695. The second-order valence-electron chi connectivity index (χ2n) is 4.60. The second-order valence-corrected chi connectivity index (χ2v) is 5.47. The molecule has 2 aromatic rings. The number of halogens is 1. The summed E-state index contributed by atoms with van der Waals surface area (Å²) in [5.41, 5.74) is 8.37. The first-order valence-corrected chi connectivity index (χ1v) is 7.15. The van der Waals surface area contributed by atoms with E-state index in [0.717, 1.165) is 16.9 Å². The zero-order valence-electron chi connectivity index (χ0n) is 11.9. The third kappa shape index (κ3) is 3.86. The van der Waals surface area contributed by atoms with Gasteiger partial charge < -0.3 is 15.2 Å². The zero-order valence-corrected chi connectivity index (χ0v) is 13.4. The molecule has 0 aromatic heterocycles. The largest absolute Gasteiger partial charge is 0.496 e. The molecule has 0 spiro atoms. The van der Waals surface area contributed by atoms with Crippen LogP contribution in [0.25, 0.3) is 0 Å². The van der Waals surface area contributed by atoms with Crippen molar-refractivity contribution in [2.45, 2.75) is 13.5 Å². The molecule has 0 amide bonds. The minimum Gasteiger partial charge on any atom is -0.496 e. The van der Waals surface area contributed by atoms with Gasteiger partial charge in [0, 0.05) is 5.02 Å². The van der Waals surface area contributed by atoms with Crippen molar-refractivity contribution in [1.82, 2.24) is 0 Å². The Morgan fingerprint density at radius 2 is 1.90 bits per heavy atom. The monoisotopic (exact) mass is 321 g/mol. The molecule has 3 nitrogen and oxygen atoms in total. The maximum atomic E-state index is 5.93. The standard InChI is InChI=1S/C16H16ClNO2S/c1-10-7-12(17)4-6-14(10)20-9-11-3-5-15(19-2)13(8-11)16(18)21/h3-8H,9H2,1-2H3,(H2,18,21). The van der Waals surface area contributed by atoms with E-state index in [1.807, 2.05) is 37.3 Å². The van der Waals surface area contributed by atoms with Crippen LogP contribution in [0, 0.1) is 6.92 Å². The van der Waals surface area contributed by atoms with Crippen molar-refractivity contribution in [2.24, 2.45) is 5.73 Å². The number of ether oxygens (including phenoxy) is 2. The number of nitrogens with two attached hydrogens (primary N) is 1. The number of hydrogen-bond acceptors (Lipinski definition) is 3. The molecule has 0 saturated heterocycles. The van der Waals surface area contributed by atoms with E-state index in [9.17, 15) is 0 Å². The molecule has 0 saturated carbocycles. The van der Waals surface area contributed by atoms with Crippen LogP contribution < -0.4 is 15.2 Å². The number of thiocarbonyl (C=S) groups is 1. The number of aryl methyl sites for hydroxylation is 1. The van der Waals surface area contributed by atoms with Crippen molar-refractivity contribution in [3.8, 4) is 11.5 Å². The Morgan fingerprint density at radius 1 is 1.19 bits per heavy atom. The fraction of sp³-hybridized carbons (Fsp3) is 0.188. The average Bonchev–Trinajstić information content (AvgIpc) is 2.46. The summed E-state index contributed by atoms with van der Waals surface area (Å²) < 4.78 is 11.0. The Bertz CT molecular complexity index is 673. The molecule has 0 atom stereocenters. The Balaban J connectivity index is 2.16. The number of benzene rings is 2. The van der Waals surface area contributed by atoms with E-state index in [-0.39, 0.29) is 0 Å². The molecular formula is C16H16ClNO2S. The highest BCUT2D eigenvalue weighted by atomic mass is 35.5. The van der Waals surface area contributed by atoms with E-state index in [0.29, 0.717) is 27.9 Å². The topological polar surface area (TPSA) is 44.5 Å². The molecule has 2 rings (SSSR count). The van der Waals surface area contributed by atoms with Crippen molar-refractivity contribution in [3.63, 3.8) is 0 Å². The lowest BCUT2D eigenvalue weighted by atomic mass is 10.1. The lowest BCUT2D eigenvalue weighted by Gasteiger charge is -2.12. The van der Waals surface area contributed by atoms with Crippen LogP contribution >= 0.6 is 23.8 Å². The highest BCUT2D eigenvalue weighted by Crippen LogP contribution is 2.24. The smallest absolute Gasteiger partial charge is 0.129 e. The van der Waals surface area contributed by atoms with Crippen molar-refractivity contribution in [2.75, 3.05) is 7.11 Å². The molecule has 0 heterocycles. The van der Waals surface area contributed by atoms with Crippen LogP contribution in [0.4, 0.5) is 0 Å². The van der Waals surface area contributed by atoms with Crippen LogP contribution in [0.1, 0.15) is 16.7 Å². The van der Waals surface area contributed by atoms with Crippen LogP contribution in [0.2, 0.25) is 5.02 Å². The first-order chi connectivity index (χ1) is 10.0. The van der Waals surface area contributed by atoms with Gasteiger partial charge in [-0.2, -0.15) is 0 Å². The molecule has 0 unspecified atom stereocenters. The van der Waals surface area contributed by atoms with Gasteiger partial charge in [0.05, 0.1) is 12.7 Å². The summed E-state index contributed by atoms with van der Waals surface area (Å²) in [6.45, 7) is 2.37. The van der Waals surface area contributed by atoms with Crippen LogP contribution in [0.3, 0.4) is 0 Å². The number of rotatable bonds is 5. The van der Waals surface area contributed by atoms with Gasteiger partial charge in [-0.1, -0.05) is 29.9 Å². The SMILES string of the molecule is COc1ccc(COc2ccc(Cl)cc2C)cc1C(N)=S. The maximum Gasteiger partial charge on any atom is 0.129 e. The van der Waals surface area contributed by atoms with Gasteiger partial charge in [0.15, 0.2) is 0 Å². The van der Waals surface area contributed by atoms with Crippen molar-refractivity contribution < 1.29 is 9.47 Å². The van der Waals surface area contributed by atoms with Gasteiger partial charge in [0.1, 0.15) is 23.1 Å². The molecule has 5 heteroatoms.